The van der Waals surface area contributed by atoms with E-state index in [-0.39, 0.29) is 23.9 Å². The molecule has 6 nitrogen and oxygen atoms in total. The van der Waals surface area contributed by atoms with Crippen molar-refractivity contribution in [3.63, 3.8) is 0 Å². The van der Waals surface area contributed by atoms with Gasteiger partial charge in [-0.3, -0.25) is 14.3 Å². The number of hydrogen-bond acceptors (Lipinski definition) is 4. The average Bonchev–Trinajstić information content (AvgIpc) is 3.14. The van der Waals surface area contributed by atoms with E-state index in [0.29, 0.717) is 10.7 Å². The topological polar surface area (TPSA) is 59.3 Å². The zero-order chi connectivity index (χ0) is 21.4. The SMILES string of the molecule is Cc1c(N2CC(=O)C(C(=S)Nc3ccccc3)C2C)c(=O)n(-c2ccccc2)n1C. The molecule has 0 amide bonds. The maximum atomic E-state index is 13.4. The molecule has 2 aromatic carbocycles. The van der Waals surface area contributed by atoms with Crippen LogP contribution in [0.2, 0.25) is 0 Å². The molecular formula is C23H24N4O2S. The number of nitrogens with zero attached hydrogens (tertiary/aromatic N) is 3. The molecule has 2 heterocycles. The molecule has 154 valence electrons. The first kappa shape index (κ1) is 20.1. The third-order valence-electron chi connectivity index (χ3n) is 5.78. The van der Waals surface area contributed by atoms with Crippen molar-refractivity contribution < 1.29 is 4.79 Å². The monoisotopic (exact) mass is 420 g/mol. The summed E-state index contributed by atoms with van der Waals surface area (Å²) in [5, 5.41) is 3.18. The fourth-order valence-corrected chi connectivity index (χ4v) is 4.58. The summed E-state index contributed by atoms with van der Waals surface area (Å²) in [4.78, 5) is 28.6. The van der Waals surface area contributed by atoms with Gasteiger partial charge in [0.05, 0.1) is 28.8 Å². The first-order valence-corrected chi connectivity index (χ1v) is 10.3. The van der Waals surface area contributed by atoms with Crippen LogP contribution in [-0.2, 0) is 11.8 Å². The number of carbonyl (C=O) groups excluding carboxylic acids is 1. The molecule has 7 heteroatoms. The minimum atomic E-state index is -0.468. The molecule has 3 aromatic rings. The Morgan fingerprint density at radius 2 is 1.63 bits per heavy atom. The molecule has 0 radical (unpaired) electrons. The van der Waals surface area contributed by atoms with E-state index >= 15 is 0 Å². The van der Waals surface area contributed by atoms with Crippen LogP contribution < -0.4 is 15.8 Å². The molecule has 2 atom stereocenters. The van der Waals surface area contributed by atoms with E-state index in [0.717, 1.165) is 17.1 Å². The fourth-order valence-electron chi connectivity index (χ4n) is 4.13. The fraction of sp³-hybridized carbons (Fsp3) is 0.261. The van der Waals surface area contributed by atoms with E-state index in [1.807, 2.05) is 91.1 Å². The maximum absolute atomic E-state index is 13.4. The number of aromatic nitrogens is 2. The third-order valence-corrected chi connectivity index (χ3v) is 6.14. The highest BCUT2D eigenvalue weighted by molar-refractivity contribution is 7.80. The summed E-state index contributed by atoms with van der Waals surface area (Å²) in [6, 6.07) is 18.8. The van der Waals surface area contributed by atoms with Gasteiger partial charge in [-0.25, -0.2) is 4.68 Å². The highest BCUT2D eigenvalue weighted by Crippen LogP contribution is 2.30. The minimum Gasteiger partial charge on any atom is -0.354 e. The van der Waals surface area contributed by atoms with Crippen molar-refractivity contribution in [1.29, 1.82) is 0 Å². The van der Waals surface area contributed by atoms with Gasteiger partial charge in [-0.1, -0.05) is 48.6 Å². The van der Waals surface area contributed by atoms with Crippen molar-refractivity contribution in [1.82, 2.24) is 9.36 Å². The molecule has 1 aliphatic rings. The van der Waals surface area contributed by atoms with Gasteiger partial charge in [0, 0.05) is 18.8 Å². The lowest BCUT2D eigenvalue weighted by molar-refractivity contribution is -0.117. The maximum Gasteiger partial charge on any atom is 0.295 e. The second kappa shape index (κ2) is 7.91. The van der Waals surface area contributed by atoms with Crippen LogP contribution in [0.1, 0.15) is 12.6 Å². The summed E-state index contributed by atoms with van der Waals surface area (Å²) < 4.78 is 3.47. The summed E-state index contributed by atoms with van der Waals surface area (Å²) in [6.07, 6.45) is 0. The third kappa shape index (κ3) is 3.35. The largest absolute Gasteiger partial charge is 0.354 e. The van der Waals surface area contributed by atoms with Crippen LogP contribution in [0.15, 0.2) is 65.5 Å². The average molecular weight is 421 g/mol. The van der Waals surface area contributed by atoms with E-state index in [2.05, 4.69) is 5.32 Å². The number of para-hydroxylation sites is 2. The predicted molar refractivity (Wildman–Crippen MR) is 124 cm³/mol. The highest BCUT2D eigenvalue weighted by atomic mass is 32.1. The van der Waals surface area contributed by atoms with Gasteiger partial charge in [0.2, 0.25) is 0 Å². The Morgan fingerprint density at radius 3 is 2.27 bits per heavy atom. The van der Waals surface area contributed by atoms with Gasteiger partial charge in [0.15, 0.2) is 5.78 Å². The molecule has 1 fully saturated rings. The van der Waals surface area contributed by atoms with Gasteiger partial charge in [-0.2, -0.15) is 0 Å². The number of ketones is 1. The summed E-state index contributed by atoms with van der Waals surface area (Å²) in [6.45, 7) is 4.02. The molecule has 1 aromatic heterocycles. The number of thiocarbonyl (C=S) groups is 1. The van der Waals surface area contributed by atoms with Gasteiger partial charge in [0.25, 0.3) is 5.56 Å². The molecule has 0 aliphatic carbocycles. The smallest absolute Gasteiger partial charge is 0.295 e. The molecule has 1 aliphatic heterocycles. The molecule has 4 rings (SSSR count). The zero-order valence-electron chi connectivity index (χ0n) is 17.2. The van der Waals surface area contributed by atoms with Crippen molar-refractivity contribution in [2.45, 2.75) is 19.9 Å². The summed E-state index contributed by atoms with van der Waals surface area (Å²) in [5.41, 5.74) is 2.86. The van der Waals surface area contributed by atoms with E-state index in [1.165, 1.54) is 0 Å². The second-order valence-corrected chi connectivity index (χ2v) is 8.02. The number of carbonyl (C=O) groups is 1. The van der Waals surface area contributed by atoms with Gasteiger partial charge in [-0.15, -0.1) is 0 Å². The Morgan fingerprint density at radius 1 is 1.03 bits per heavy atom. The molecule has 1 N–H and O–H groups in total. The first-order valence-electron chi connectivity index (χ1n) is 9.89. The Kier molecular flexibility index (Phi) is 5.30. The molecule has 0 spiro atoms. The van der Waals surface area contributed by atoms with Gasteiger partial charge >= 0.3 is 0 Å². The molecule has 1 saturated heterocycles. The van der Waals surface area contributed by atoms with E-state index in [4.69, 9.17) is 12.2 Å². The van der Waals surface area contributed by atoms with Crippen LogP contribution in [0.3, 0.4) is 0 Å². The summed E-state index contributed by atoms with van der Waals surface area (Å²) in [5.74, 6) is -0.450. The van der Waals surface area contributed by atoms with E-state index in [9.17, 15) is 9.59 Å². The van der Waals surface area contributed by atoms with Crippen molar-refractivity contribution in [2.75, 3.05) is 16.8 Å². The summed E-state index contributed by atoms with van der Waals surface area (Å²) in [7, 11) is 1.86. The highest BCUT2D eigenvalue weighted by Gasteiger charge is 2.43. The number of hydrogen-bond donors (Lipinski definition) is 1. The molecule has 30 heavy (non-hydrogen) atoms. The Balaban J connectivity index is 1.67. The lowest BCUT2D eigenvalue weighted by Crippen LogP contribution is -2.37. The van der Waals surface area contributed by atoms with E-state index in [1.54, 1.807) is 4.68 Å². The van der Waals surface area contributed by atoms with Crippen molar-refractivity contribution in [3.05, 3.63) is 76.7 Å². The number of rotatable bonds is 4. The van der Waals surface area contributed by atoms with Crippen LogP contribution >= 0.6 is 12.2 Å². The van der Waals surface area contributed by atoms with Crippen molar-refractivity contribution in [3.8, 4) is 5.69 Å². The standard InChI is InChI=1S/C23H24N4O2S/c1-15-20(22(30)24-17-10-6-4-7-11-17)19(28)14-26(15)21-16(2)25(3)27(23(21)29)18-12-8-5-9-13-18/h4-13,15,20H,14H2,1-3H3,(H,24,30). The Labute approximate surface area is 180 Å². The number of nitrogens with one attached hydrogen (secondary N) is 1. The molecule has 2 unspecified atom stereocenters. The van der Waals surface area contributed by atoms with Gasteiger partial charge in [-0.05, 0) is 38.1 Å². The van der Waals surface area contributed by atoms with Crippen LogP contribution in [0.5, 0.6) is 0 Å². The number of Topliss-reactive ketones (excluding diaryl/α,β-unsaturated/α-hetero) is 1. The summed E-state index contributed by atoms with van der Waals surface area (Å²) >= 11 is 5.58. The van der Waals surface area contributed by atoms with Crippen LogP contribution in [-0.4, -0.2) is 32.7 Å². The normalized spacial score (nSPS) is 18.6. The second-order valence-electron chi connectivity index (χ2n) is 7.58. The Bertz CT molecular complexity index is 1150. The molecule has 0 saturated carbocycles. The van der Waals surface area contributed by atoms with Crippen LogP contribution in [0, 0.1) is 12.8 Å². The lowest BCUT2D eigenvalue weighted by Gasteiger charge is -2.25. The molecular weight excluding hydrogens is 396 g/mol. The van der Waals surface area contributed by atoms with Gasteiger partial charge < -0.3 is 10.2 Å². The minimum absolute atomic E-state index is 0.0184. The van der Waals surface area contributed by atoms with Crippen molar-refractivity contribution in [2.24, 2.45) is 13.0 Å². The number of anilines is 2. The first-order chi connectivity index (χ1) is 14.4. The number of benzene rings is 2. The van der Waals surface area contributed by atoms with Crippen LogP contribution in [0.4, 0.5) is 11.4 Å². The zero-order valence-corrected chi connectivity index (χ0v) is 18.0. The van der Waals surface area contributed by atoms with Gasteiger partial charge in [0.1, 0.15) is 5.69 Å². The van der Waals surface area contributed by atoms with Crippen LogP contribution in [0.25, 0.3) is 5.69 Å². The Hall–Kier alpha value is -3.19. The quantitative estimate of drug-likeness (QED) is 0.656. The predicted octanol–water partition coefficient (Wildman–Crippen LogP) is 3.32. The van der Waals surface area contributed by atoms with Crippen molar-refractivity contribution >= 4 is 34.4 Å². The molecule has 0 bridgehead atoms. The van der Waals surface area contributed by atoms with E-state index < -0.39 is 5.92 Å². The lowest BCUT2D eigenvalue weighted by atomic mass is 10.0.